The third kappa shape index (κ3) is 5.79. The van der Waals surface area contributed by atoms with Crippen LogP contribution in [0.5, 0.6) is 5.75 Å². The van der Waals surface area contributed by atoms with Crippen molar-refractivity contribution in [3.05, 3.63) is 71.2 Å². The number of rotatable bonds is 9. The molecule has 1 aromatic heterocycles. The van der Waals surface area contributed by atoms with Crippen LogP contribution < -0.4 is 10.1 Å². The van der Waals surface area contributed by atoms with Gasteiger partial charge in [0, 0.05) is 36.9 Å². The van der Waals surface area contributed by atoms with E-state index in [2.05, 4.69) is 10.3 Å². The van der Waals surface area contributed by atoms with E-state index >= 15 is 0 Å². The van der Waals surface area contributed by atoms with Gasteiger partial charge in [-0.15, -0.1) is 11.3 Å². The number of para-hydroxylation sites is 1. The van der Waals surface area contributed by atoms with Gasteiger partial charge in [0.2, 0.25) is 11.8 Å². The lowest BCUT2D eigenvalue weighted by atomic mass is 10.1. The van der Waals surface area contributed by atoms with Crippen molar-refractivity contribution >= 4 is 23.2 Å². The topological polar surface area (TPSA) is 71.5 Å². The smallest absolute Gasteiger partial charge is 0.242 e. The number of thiazole rings is 1. The number of carbonyl (C=O) groups is 2. The van der Waals surface area contributed by atoms with Gasteiger partial charge >= 0.3 is 0 Å². The second-order valence-electron chi connectivity index (χ2n) is 8.11. The van der Waals surface area contributed by atoms with Crippen LogP contribution in [0.15, 0.2) is 60.0 Å². The van der Waals surface area contributed by atoms with Crippen LogP contribution in [0.25, 0.3) is 10.6 Å². The highest BCUT2D eigenvalue weighted by atomic mass is 32.1. The molecule has 3 aromatic rings. The summed E-state index contributed by atoms with van der Waals surface area (Å²) in [4.78, 5) is 32.1. The predicted octanol–water partition coefficient (Wildman–Crippen LogP) is 4.10. The Labute approximate surface area is 198 Å². The molecule has 2 heterocycles. The molecule has 4 rings (SSSR count). The molecule has 0 bridgehead atoms. The van der Waals surface area contributed by atoms with E-state index in [-0.39, 0.29) is 17.9 Å². The van der Waals surface area contributed by atoms with E-state index in [9.17, 15) is 9.59 Å². The van der Waals surface area contributed by atoms with Crippen molar-refractivity contribution in [2.75, 3.05) is 20.2 Å². The Balaban J connectivity index is 1.26. The highest BCUT2D eigenvalue weighted by Gasteiger charge is 2.33. The van der Waals surface area contributed by atoms with Crippen molar-refractivity contribution in [1.82, 2.24) is 15.2 Å². The molecule has 172 valence electrons. The van der Waals surface area contributed by atoms with E-state index in [1.165, 1.54) is 0 Å². The fourth-order valence-corrected chi connectivity index (χ4v) is 5.06. The van der Waals surface area contributed by atoms with Gasteiger partial charge in [-0.25, -0.2) is 4.98 Å². The number of nitrogens with zero attached hydrogens (tertiary/aromatic N) is 2. The van der Waals surface area contributed by atoms with Crippen molar-refractivity contribution in [3.63, 3.8) is 0 Å². The average molecular weight is 464 g/mol. The Morgan fingerprint density at radius 2 is 1.91 bits per heavy atom. The number of methoxy groups -OCH3 is 1. The molecule has 0 aliphatic carbocycles. The van der Waals surface area contributed by atoms with Crippen LogP contribution in [0.3, 0.4) is 0 Å². The highest BCUT2D eigenvalue weighted by molar-refractivity contribution is 7.13. The Morgan fingerprint density at radius 3 is 2.73 bits per heavy atom. The van der Waals surface area contributed by atoms with Gasteiger partial charge in [-0.05, 0) is 30.9 Å². The van der Waals surface area contributed by atoms with E-state index in [1.807, 2.05) is 60.0 Å². The van der Waals surface area contributed by atoms with Crippen molar-refractivity contribution in [2.45, 2.75) is 38.1 Å². The van der Waals surface area contributed by atoms with Crippen LogP contribution in [0.2, 0.25) is 0 Å². The van der Waals surface area contributed by atoms with Gasteiger partial charge in [0.05, 0.1) is 12.8 Å². The van der Waals surface area contributed by atoms with E-state index in [1.54, 1.807) is 23.3 Å². The molecule has 7 heteroatoms. The van der Waals surface area contributed by atoms with Gasteiger partial charge in [-0.2, -0.15) is 0 Å². The molecule has 2 amide bonds. The first-order valence-corrected chi connectivity index (χ1v) is 12.2. The third-order valence-corrected chi connectivity index (χ3v) is 6.87. The molecule has 1 aliphatic rings. The minimum atomic E-state index is -0.384. The number of benzene rings is 2. The predicted molar refractivity (Wildman–Crippen MR) is 130 cm³/mol. The molecule has 33 heavy (non-hydrogen) atoms. The average Bonchev–Trinajstić information content (AvgIpc) is 3.53. The van der Waals surface area contributed by atoms with Crippen LogP contribution in [-0.2, 0) is 22.4 Å². The van der Waals surface area contributed by atoms with Crippen LogP contribution in [-0.4, -0.2) is 47.9 Å². The molecule has 6 nitrogen and oxygen atoms in total. The molecular formula is C26H29N3O3S. The monoisotopic (exact) mass is 463 g/mol. The van der Waals surface area contributed by atoms with Gasteiger partial charge in [0.15, 0.2) is 0 Å². The quantitative estimate of drug-likeness (QED) is 0.519. The fourth-order valence-electron chi connectivity index (χ4n) is 4.20. The SMILES string of the molecule is COc1ccccc1CCC(=O)N1CCC[C@@H]1C(=O)NCCc1csc(-c2ccccc2)n1. The zero-order valence-electron chi connectivity index (χ0n) is 18.8. The molecule has 0 spiro atoms. The lowest BCUT2D eigenvalue weighted by Crippen LogP contribution is -2.46. The van der Waals surface area contributed by atoms with Gasteiger partial charge in [-0.3, -0.25) is 9.59 Å². The standard InChI is InChI=1S/C26H29N3O3S/c1-32-23-12-6-5-8-19(23)13-14-24(30)29-17-7-11-22(29)25(31)27-16-15-21-18-33-26(28-21)20-9-3-2-4-10-20/h2-6,8-10,12,18,22H,7,11,13-17H2,1H3,(H,27,31)/t22-/m1/s1. The number of hydrogen-bond acceptors (Lipinski definition) is 5. The minimum Gasteiger partial charge on any atom is -0.496 e. The Morgan fingerprint density at radius 1 is 1.12 bits per heavy atom. The van der Waals surface area contributed by atoms with Gasteiger partial charge in [-0.1, -0.05) is 48.5 Å². The Hall–Kier alpha value is -3.19. The van der Waals surface area contributed by atoms with Crippen molar-refractivity contribution in [3.8, 4) is 16.3 Å². The Bertz CT molecular complexity index is 1080. The van der Waals surface area contributed by atoms with E-state index in [0.29, 0.717) is 38.8 Å². The number of hydrogen-bond donors (Lipinski definition) is 1. The molecule has 1 aliphatic heterocycles. The molecule has 0 unspecified atom stereocenters. The third-order valence-electron chi connectivity index (χ3n) is 5.93. The Kier molecular flexibility index (Phi) is 7.73. The first-order chi connectivity index (χ1) is 16.2. The summed E-state index contributed by atoms with van der Waals surface area (Å²) in [6.07, 6.45) is 3.20. The highest BCUT2D eigenvalue weighted by Crippen LogP contribution is 2.24. The molecule has 0 radical (unpaired) electrons. The number of ether oxygens (including phenoxy) is 1. The lowest BCUT2D eigenvalue weighted by molar-refractivity contribution is -0.138. The van der Waals surface area contributed by atoms with Crippen molar-refractivity contribution in [2.24, 2.45) is 0 Å². The fraction of sp³-hybridized carbons (Fsp3) is 0.346. The second-order valence-corrected chi connectivity index (χ2v) is 8.97. The number of aryl methyl sites for hydroxylation is 1. The zero-order chi connectivity index (χ0) is 23.0. The molecule has 1 fully saturated rings. The largest absolute Gasteiger partial charge is 0.496 e. The van der Waals surface area contributed by atoms with Crippen LogP contribution >= 0.6 is 11.3 Å². The first-order valence-electron chi connectivity index (χ1n) is 11.3. The summed E-state index contributed by atoms with van der Waals surface area (Å²) in [5, 5.41) is 6.04. The van der Waals surface area contributed by atoms with Crippen LogP contribution in [0.1, 0.15) is 30.5 Å². The molecular weight excluding hydrogens is 434 g/mol. The van der Waals surface area contributed by atoms with Crippen LogP contribution in [0, 0.1) is 0 Å². The maximum absolute atomic E-state index is 12.9. The summed E-state index contributed by atoms with van der Waals surface area (Å²) in [5.74, 6) is 0.737. The zero-order valence-corrected chi connectivity index (χ0v) is 19.6. The van der Waals surface area contributed by atoms with E-state index in [0.717, 1.165) is 34.0 Å². The minimum absolute atomic E-state index is 0.0190. The lowest BCUT2D eigenvalue weighted by Gasteiger charge is -2.24. The summed E-state index contributed by atoms with van der Waals surface area (Å²) in [6.45, 7) is 1.14. The summed E-state index contributed by atoms with van der Waals surface area (Å²) in [6, 6.07) is 17.4. The molecule has 1 atom stereocenters. The maximum atomic E-state index is 12.9. The van der Waals surface area contributed by atoms with E-state index in [4.69, 9.17) is 4.74 Å². The number of aromatic nitrogens is 1. The first kappa shape index (κ1) is 23.0. The summed E-state index contributed by atoms with van der Waals surface area (Å²) in [7, 11) is 1.63. The molecule has 1 saturated heterocycles. The molecule has 2 aromatic carbocycles. The summed E-state index contributed by atoms with van der Waals surface area (Å²) < 4.78 is 5.38. The molecule has 0 saturated carbocycles. The summed E-state index contributed by atoms with van der Waals surface area (Å²) >= 11 is 1.61. The van der Waals surface area contributed by atoms with Gasteiger partial charge in [0.25, 0.3) is 0 Å². The number of nitrogens with one attached hydrogen (secondary N) is 1. The van der Waals surface area contributed by atoms with Gasteiger partial charge < -0.3 is 15.0 Å². The normalized spacial score (nSPS) is 15.4. The van der Waals surface area contributed by atoms with Crippen LogP contribution in [0.4, 0.5) is 0 Å². The molecule has 1 N–H and O–H groups in total. The van der Waals surface area contributed by atoms with E-state index < -0.39 is 0 Å². The number of likely N-dealkylation sites (tertiary alicyclic amines) is 1. The van der Waals surface area contributed by atoms with Crippen molar-refractivity contribution < 1.29 is 14.3 Å². The second kappa shape index (κ2) is 11.1. The number of amides is 2. The van der Waals surface area contributed by atoms with Gasteiger partial charge in [0.1, 0.15) is 16.8 Å². The number of carbonyl (C=O) groups excluding carboxylic acids is 2. The van der Waals surface area contributed by atoms with Crippen molar-refractivity contribution in [1.29, 1.82) is 0 Å². The summed E-state index contributed by atoms with van der Waals surface area (Å²) in [5.41, 5.74) is 3.08. The maximum Gasteiger partial charge on any atom is 0.242 e.